The van der Waals surface area contributed by atoms with Crippen molar-refractivity contribution in [1.82, 2.24) is 24.3 Å². The van der Waals surface area contributed by atoms with Crippen LogP contribution in [-0.4, -0.2) is 24.3 Å². The molecule has 1 fully saturated rings. The Morgan fingerprint density at radius 3 is 2.37 bits per heavy atom. The third-order valence-electron chi connectivity index (χ3n) is 6.95. The van der Waals surface area contributed by atoms with Crippen LogP contribution in [0.3, 0.4) is 0 Å². The van der Waals surface area contributed by atoms with Gasteiger partial charge in [0, 0.05) is 18.8 Å². The Labute approximate surface area is 232 Å². The number of aryl methyl sites for hydroxylation is 2. The lowest BCUT2D eigenvalue weighted by Gasteiger charge is -2.22. The topological polar surface area (TPSA) is 65.6 Å². The van der Waals surface area contributed by atoms with Crippen molar-refractivity contribution in [3.8, 4) is 11.4 Å². The van der Waals surface area contributed by atoms with Crippen LogP contribution in [0, 0.1) is 12.7 Å². The van der Waals surface area contributed by atoms with Gasteiger partial charge in [0.1, 0.15) is 22.9 Å². The van der Waals surface area contributed by atoms with Gasteiger partial charge in [-0.3, -0.25) is 9.78 Å². The third-order valence-corrected chi connectivity index (χ3v) is 6.95. The molecule has 5 rings (SSSR count). The standard InChI is InChI=1S/C22H22F5N5O.C7H7F/c1-31-12-29-18(19(31)20(23)24)16-10-14(13-6-3-2-4-7-13)21(33)32(30-16)11-17-15(22(25,26)27)8-5-9-28-17;1-6-3-2-4-7(8)5-6/h5,8-10,12-13,20H,2-4,6-7,11H2,1H3;2-5H,1H3. The maximum atomic E-state index is 13.7. The van der Waals surface area contributed by atoms with Crippen LogP contribution in [0.2, 0.25) is 0 Å². The Kier molecular flexibility index (Phi) is 9.29. The lowest BCUT2D eigenvalue weighted by Crippen LogP contribution is -2.30. The second kappa shape index (κ2) is 12.7. The van der Waals surface area contributed by atoms with Crippen LogP contribution >= 0.6 is 0 Å². The zero-order chi connectivity index (χ0) is 29.7. The molecule has 41 heavy (non-hydrogen) atoms. The Morgan fingerprint density at radius 2 is 1.76 bits per heavy atom. The molecule has 0 bridgehead atoms. The van der Waals surface area contributed by atoms with Crippen LogP contribution in [0.4, 0.5) is 26.3 Å². The molecule has 4 aromatic rings. The fraction of sp³-hybridized carbons (Fsp3) is 0.379. The summed E-state index contributed by atoms with van der Waals surface area (Å²) in [5, 5.41) is 4.16. The van der Waals surface area contributed by atoms with Crippen molar-refractivity contribution in [2.45, 2.75) is 64.1 Å². The molecule has 0 spiro atoms. The minimum Gasteiger partial charge on any atom is -0.332 e. The van der Waals surface area contributed by atoms with Gasteiger partial charge in [-0.1, -0.05) is 31.4 Å². The van der Waals surface area contributed by atoms with Gasteiger partial charge in [0.05, 0.1) is 24.1 Å². The van der Waals surface area contributed by atoms with Crippen LogP contribution in [0.1, 0.15) is 72.5 Å². The van der Waals surface area contributed by atoms with Crippen molar-refractivity contribution in [3.63, 3.8) is 0 Å². The number of benzene rings is 1. The van der Waals surface area contributed by atoms with Crippen LogP contribution < -0.4 is 5.56 Å². The molecule has 12 heteroatoms. The summed E-state index contributed by atoms with van der Waals surface area (Å²) in [5.41, 5.74) is -1.03. The average molecular weight is 578 g/mol. The summed E-state index contributed by atoms with van der Waals surface area (Å²) < 4.78 is 82.0. The summed E-state index contributed by atoms with van der Waals surface area (Å²) in [7, 11) is 1.42. The van der Waals surface area contributed by atoms with E-state index >= 15 is 0 Å². The summed E-state index contributed by atoms with van der Waals surface area (Å²) in [6.45, 7) is 1.32. The smallest absolute Gasteiger partial charge is 0.332 e. The molecule has 3 aromatic heterocycles. The van der Waals surface area contributed by atoms with Crippen molar-refractivity contribution in [2.75, 3.05) is 0 Å². The molecule has 0 N–H and O–H groups in total. The van der Waals surface area contributed by atoms with E-state index in [1.54, 1.807) is 6.07 Å². The largest absolute Gasteiger partial charge is 0.418 e. The number of hydrogen-bond acceptors (Lipinski definition) is 4. The number of alkyl halides is 5. The van der Waals surface area contributed by atoms with Crippen molar-refractivity contribution < 1.29 is 26.3 Å². The number of halogens is 6. The van der Waals surface area contributed by atoms with Gasteiger partial charge in [0.25, 0.3) is 12.0 Å². The van der Waals surface area contributed by atoms with Gasteiger partial charge in [0.15, 0.2) is 0 Å². The lowest BCUT2D eigenvalue weighted by atomic mass is 9.84. The summed E-state index contributed by atoms with van der Waals surface area (Å²) in [4.78, 5) is 21.1. The van der Waals surface area contributed by atoms with Gasteiger partial charge < -0.3 is 4.57 Å². The average Bonchev–Trinajstić information content (AvgIpc) is 3.32. The van der Waals surface area contributed by atoms with Crippen LogP contribution in [0.25, 0.3) is 11.4 Å². The molecule has 0 atom stereocenters. The van der Waals surface area contributed by atoms with E-state index < -0.39 is 30.3 Å². The number of aromatic nitrogens is 5. The normalized spacial score (nSPS) is 14.2. The first-order valence-electron chi connectivity index (χ1n) is 13.1. The molecule has 0 unspecified atom stereocenters. The first-order chi connectivity index (χ1) is 19.5. The fourth-order valence-corrected chi connectivity index (χ4v) is 4.96. The highest BCUT2D eigenvalue weighted by atomic mass is 19.4. The SMILES string of the molecule is Cc1cccc(F)c1.Cn1cnc(-c2cc(C3CCCCC3)c(=O)n(Cc3ncccc3C(F)(F)F)n2)c1C(F)F. The van der Waals surface area contributed by atoms with Crippen molar-refractivity contribution >= 4 is 0 Å². The summed E-state index contributed by atoms with van der Waals surface area (Å²) in [5.74, 6) is -0.284. The Balaban J connectivity index is 0.000000417. The van der Waals surface area contributed by atoms with E-state index in [-0.39, 0.29) is 34.5 Å². The first-order valence-corrected chi connectivity index (χ1v) is 13.1. The van der Waals surface area contributed by atoms with E-state index in [2.05, 4.69) is 15.1 Å². The van der Waals surface area contributed by atoms with Crippen molar-refractivity contribution in [1.29, 1.82) is 0 Å². The van der Waals surface area contributed by atoms with Gasteiger partial charge >= 0.3 is 6.18 Å². The molecule has 0 amide bonds. The van der Waals surface area contributed by atoms with Crippen LogP contribution in [-0.2, 0) is 19.8 Å². The fourth-order valence-electron chi connectivity index (χ4n) is 4.96. The second-order valence-electron chi connectivity index (χ2n) is 9.97. The molecule has 1 aliphatic carbocycles. The summed E-state index contributed by atoms with van der Waals surface area (Å²) >= 11 is 0. The second-order valence-corrected chi connectivity index (χ2v) is 9.97. The van der Waals surface area contributed by atoms with Crippen molar-refractivity contribution in [3.05, 3.63) is 99.2 Å². The Hall–Kier alpha value is -3.96. The molecule has 1 aromatic carbocycles. The number of rotatable bonds is 5. The van der Waals surface area contributed by atoms with Crippen LogP contribution in [0.15, 0.2) is 59.8 Å². The zero-order valence-corrected chi connectivity index (χ0v) is 22.5. The zero-order valence-electron chi connectivity index (χ0n) is 22.5. The summed E-state index contributed by atoms with van der Waals surface area (Å²) in [6.07, 6.45) is -0.773. The molecule has 3 heterocycles. The monoisotopic (exact) mass is 577 g/mol. The highest BCUT2D eigenvalue weighted by Gasteiger charge is 2.34. The van der Waals surface area contributed by atoms with E-state index in [9.17, 15) is 31.1 Å². The van der Waals surface area contributed by atoms with Gasteiger partial charge in [-0.05, 0) is 61.6 Å². The van der Waals surface area contributed by atoms with Gasteiger partial charge in [0.2, 0.25) is 0 Å². The molecule has 6 nitrogen and oxygen atoms in total. The Bertz CT molecular complexity index is 1520. The summed E-state index contributed by atoms with van der Waals surface area (Å²) in [6, 6.07) is 10.0. The number of pyridine rings is 1. The predicted molar refractivity (Wildman–Crippen MR) is 141 cm³/mol. The van der Waals surface area contributed by atoms with E-state index in [0.717, 1.165) is 59.0 Å². The van der Waals surface area contributed by atoms with Crippen molar-refractivity contribution in [2.24, 2.45) is 7.05 Å². The molecule has 0 aliphatic heterocycles. The van der Waals surface area contributed by atoms with E-state index in [4.69, 9.17) is 0 Å². The highest BCUT2D eigenvalue weighted by Crippen LogP contribution is 2.35. The third kappa shape index (κ3) is 7.22. The van der Waals surface area contributed by atoms with E-state index in [0.29, 0.717) is 5.56 Å². The molecule has 1 aliphatic rings. The molecular formula is C29H29F6N5O. The first kappa shape index (κ1) is 30.0. The minimum absolute atomic E-state index is 0.0237. The number of hydrogen-bond donors (Lipinski definition) is 0. The van der Waals surface area contributed by atoms with Crippen LogP contribution in [0.5, 0.6) is 0 Å². The molecule has 218 valence electrons. The number of imidazole rings is 1. The minimum atomic E-state index is -4.67. The maximum absolute atomic E-state index is 13.7. The van der Waals surface area contributed by atoms with Gasteiger partial charge in [-0.15, -0.1) is 0 Å². The quantitative estimate of drug-likeness (QED) is 0.235. The van der Waals surface area contributed by atoms with E-state index in [1.807, 2.05) is 13.0 Å². The number of nitrogens with zero attached hydrogens (tertiary/aromatic N) is 5. The Morgan fingerprint density at radius 1 is 1.02 bits per heavy atom. The van der Waals surface area contributed by atoms with Gasteiger partial charge in [-0.25, -0.2) is 22.8 Å². The molecule has 0 saturated heterocycles. The molecular weight excluding hydrogens is 548 g/mol. The lowest BCUT2D eigenvalue weighted by molar-refractivity contribution is -0.138. The highest BCUT2D eigenvalue weighted by molar-refractivity contribution is 5.58. The predicted octanol–water partition coefficient (Wildman–Crippen LogP) is 7.23. The molecule has 1 saturated carbocycles. The van der Waals surface area contributed by atoms with E-state index in [1.165, 1.54) is 37.8 Å². The molecule has 0 radical (unpaired) electrons. The maximum Gasteiger partial charge on any atom is 0.418 e. The van der Waals surface area contributed by atoms with Gasteiger partial charge in [-0.2, -0.15) is 18.3 Å².